The minimum atomic E-state index is -0.489. The molecule has 0 aliphatic rings. The maximum absolute atomic E-state index is 12.8. The van der Waals surface area contributed by atoms with Crippen LogP contribution in [0.2, 0.25) is 0 Å². The van der Waals surface area contributed by atoms with Crippen molar-refractivity contribution in [1.82, 2.24) is 20.0 Å². The number of benzene rings is 2. The Balaban J connectivity index is 1.78. The van der Waals surface area contributed by atoms with E-state index < -0.39 is 5.97 Å². The van der Waals surface area contributed by atoms with Crippen molar-refractivity contribution < 1.29 is 19.1 Å². The van der Waals surface area contributed by atoms with Crippen molar-refractivity contribution in [2.45, 2.75) is 46.6 Å². The fourth-order valence-electron chi connectivity index (χ4n) is 4.16. The third-order valence-corrected chi connectivity index (χ3v) is 6.32. The molecule has 198 valence electrons. The maximum atomic E-state index is 12.8. The van der Waals surface area contributed by atoms with E-state index in [9.17, 15) is 9.59 Å². The highest BCUT2D eigenvalue weighted by molar-refractivity contribution is 5.94. The topological polar surface area (TPSA) is 85.7 Å². The van der Waals surface area contributed by atoms with Gasteiger partial charge in [0.15, 0.2) is 5.69 Å². The summed E-state index contributed by atoms with van der Waals surface area (Å²) in [6.45, 7) is 11.5. The van der Waals surface area contributed by atoms with E-state index in [1.54, 1.807) is 36.9 Å². The van der Waals surface area contributed by atoms with Gasteiger partial charge in [-0.2, -0.15) is 5.10 Å². The molecule has 0 aliphatic carbocycles. The third-order valence-electron chi connectivity index (χ3n) is 6.32. The molecular weight excluding hydrogens is 468 g/mol. The molecule has 0 bridgehead atoms. The Labute approximate surface area is 219 Å². The van der Waals surface area contributed by atoms with Gasteiger partial charge in [0, 0.05) is 17.2 Å². The van der Waals surface area contributed by atoms with Gasteiger partial charge in [0.05, 0.1) is 25.1 Å². The average Bonchev–Trinajstić information content (AvgIpc) is 3.37. The molecule has 1 amide bonds. The van der Waals surface area contributed by atoms with Gasteiger partial charge in [-0.25, -0.2) is 9.48 Å². The summed E-state index contributed by atoms with van der Waals surface area (Å²) in [5.74, 6) is 0.0973. The summed E-state index contributed by atoms with van der Waals surface area (Å²) in [5.41, 5.74) is 3.04. The molecule has 0 saturated heterocycles. The number of hydrogen-bond donors (Lipinski definition) is 1. The molecule has 37 heavy (non-hydrogen) atoms. The van der Waals surface area contributed by atoms with E-state index in [4.69, 9.17) is 9.47 Å². The van der Waals surface area contributed by atoms with Crippen molar-refractivity contribution >= 4 is 11.9 Å². The van der Waals surface area contributed by atoms with Crippen LogP contribution in [0.5, 0.6) is 5.75 Å². The van der Waals surface area contributed by atoms with Crippen molar-refractivity contribution in [3.8, 4) is 22.7 Å². The normalized spacial score (nSPS) is 11.8. The van der Waals surface area contributed by atoms with Crippen LogP contribution >= 0.6 is 0 Å². The van der Waals surface area contributed by atoms with E-state index in [2.05, 4.69) is 29.2 Å². The lowest BCUT2D eigenvalue weighted by Crippen LogP contribution is -2.33. The Bertz CT molecular complexity index is 1170. The van der Waals surface area contributed by atoms with Gasteiger partial charge in [-0.05, 0) is 88.8 Å². The molecule has 3 rings (SSSR count). The molecule has 3 aromatic rings. The van der Waals surface area contributed by atoms with Gasteiger partial charge in [-0.15, -0.1) is 0 Å². The number of amides is 1. The van der Waals surface area contributed by atoms with Crippen molar-refractivity contribution in [2.24, 2.45) is 0 Å². The van der Waals surface area contributed by atoms with Gasteiger partial charge in [0.1, 0.15) is 5.75 Å². The van der Waals surface area contributed by atoms with Crippen molar-refractivity contribution in [3.05, 3.63) is 65.9 Å². The first-order chi connectivity index (χ1) is 17.9. The summed E-state index contributed by atoms with van der Waals surface area (Å²) >= 11 is 0. The second kappa shape index (κ2) is 13.6. The summed E-state index contributed by atoms with van der Waals surface area (Å²) < 4.78 is 12.2. The zero-order chi connectivity index (χ0) is 26.8. The van der Waals surface area contributed by atoms with Crippen LogP contribution in [0.15, 0.2) is 54.6 Å². The van der Waals surface area contributed by atoms with Gasteiger partial charge < -0.3 is 19.7 Å². The van der Waals surface area contributed by atoms with Crippen molar-refractivity contribution in [2.75, 3.05) is 33.4 Å². The molecule has 0 aliphatic heterocycles. The zero-order valence-electron chi connectivity index (χ0n) is 22.5. The number of hydrogen-bond acceptors (Lipinski definition) is 6. The van der Waals surface area contributed by atoms with Crippen molar-refractivity contribution in [1.29, 1.82) is 0 Å². The number of nitrogens with one attached hydrogen (secondary N) is 1. The molecule has 0 unspecified atom stereocenters. The van der Waals surface area contributed by atoms with E-state index in [0.29, 0.717) is 17.0 Å². The molecule has 1 aromatic heterocycles. The monoisotopic (exact) mass is 506 g/mol. The van der Waals surface area contributed by atoms with Crippen LogP contribution in [0.4, 0.5) is 0 Å². The summed E-state index contributed by atoms with van der Waals surface area (Å²) in [5, 5.41) is 7.61. The first-order valence-corrected chi connectivity index (χ1v) is 12.9. The molecule has 1 atom stereocenters. The molecular formula is C29H38N4O4. The summed E-state index contributed by atoms with van der Waals surface area (Å²) in [6, 6.07) is 16.5. The highest BCUT2D eigenvalue weighted by Gasteiger charge is 2.19. The van der Waals surface area contributed by atoms with Crippen molar-refractivity contribution in [3.63, 3.8) is 0 Å². The van der Waals surface area contributed by atoms with E-state index >= 15 is 0 Å². The second-order valence-electron chi connectivity index (χ2n) is 8.87. The summed E-state index contributed by atoms with van der Waals surface area (Å²) in [4.78, 5) is 27.6. The first-order valence-electron chi connectivity index (χ1n) is 12.9. The summed E-state index contributed by atoms with van der Waals surface area (Å²) in [6.07, 6.45) is 1.96. The molecule has 8 heteroatoms. The first kappa shape index (κ1) is 27.9. The Morgan fingerprint density at radius 1 is 1.05 bits per heavy atom. The fourth-order valence-corrected chi connectivity index (χ4v) is 4.16. The molecule has 1 heterocycles. The lowest BCUT2D eigenvalue weighted by atomic mass is 10.1. The average molecular weight is 507 g/mol. The van der Waals surface area contributed by atoms with Gasteiger partial charge >= 0.3 is 5.97 Å². The highest BCUT2D eigenvalue weighted by Crippen LogP contribution is 2.27. The Morgan fingerprint density at radius 3 is 2.43 bits per heavy atom. The predicted octanol–water partition coefficient (Wildman–Crippen LogP) is 4.96. The van der Waals surface area contributed by atoms with Crippen LogP contribution in [0.25, 0.3) is 16.9 Å². The van der Waals surface area contributed by atoms with Gasteiger partial charge in [0.2, 0.25) is 0 Å². The van der Waals surface area contributed by atoms with E-state index in [0.717, 1.165) is 43.7 Å². The highest BCUT2D eigenvalue weighted by atomic mass is 16.5. The summed E-state index contributed by atoms with van der Waals surface area (Å²) in [7, 11) is 1.61. The Hall–Kier alpha value is -3.65. The minimum absolute atomic E-state index is 0.0839. The number of nitrogens with zero attached hydrogens (tertiary/aromatic N) is 3. The minimum Gasteiger partial charge on any atom is -0.497 e. The Morgan fingerprint density at radius 2 is 1.78 bits per heavy atom. The molecule has 0 fully saturated rings. The van der Waals surface area contributed by atoms with E-state index in [-0.39, 0.29) is 24.2 Å². The smallest absolute Gasteiger partial charge is 0.358 e. The third kappa shape index (κ3) is 7.43. The second-order valence-corrected chi connectivity index (χ2v) is 8.87. The van der Waals surface area contributed by atoms with E-state index in [1.807, 2.05) is 43.3 Å². The largest absolute Gasteiger partial charge is 0.497 e. The molecule has 1 N–H and O–H groups in total. The lowest BCUT2D eigenvalue weighted by Gasteiger charge is -2.19. The van der Waals surface area contributed by atoms with Crippen LogP contribution in [0, 0.1) is 0 Å². The molecule has 8 nitrogen and oxygen atoms in total. The number of carbonyl (C=O) groups is 2. The van der Waals surface area contributed by atoms with Crippen LogP contribution in [-0.2, 0) is 4.74 Å². The molecule has 0 spiro atoms. The zero-order valence-corrected chi connectivity index (χ0v) is 22.5. The Kier molecular flexibility index (Phi) is 10.3. The lowest BCUT2D eigenvalue weighted by molar-refractivity contribution is 0.0518. The number of ether oxygens (including phenoxy) is 2. The maximum Gasteiger partial charge on any atom is 0.358 e. The number of aromatic nitrogens is 2. The molecule has 2 aromatic carbocycles. The van der Waals surface area contributed by atoms with Crippen LogP contribution in [0.1, 0.15) is 61.4 Å². The number of carbonyl (C=O) groups excluding carboxylic acids is 2. The fraction of sp³-hybridized carbons (Fsp3) is 0.414. The van der Waals surface area contributed by atoms with Crippen LogP contribution in [0.3, 0.4) is 0 Å². The predicted molar refractivity (Wildman–Crippen MR) is 145 cm³/mol. The van der Waals surface area contributed by atoms with Gasteiger partial charge in [-0.3, -0.25) is 4.79 Å². The van der Waals surface area contributed by atoms with Crippen LogP contribution in [-0.4, -0.2) is 65.9 Å². The van der Waals surface area contributed by atoms with E-state index in [1.165, 1.54) is 0 Å². The standard InChI is InChI=1S/C29H38N4O4/c1-6-32(7-2)18-10-11-21(4)30-28(34)22-14-16-24(17-15-22)33-27(20-26(31-33)29(35)37-8-3)23-12-9-13-25(19-23)36-5/h9,12-17,19-21H,6-8,10-11,18H2,1-5H3,(H,30,34)/t21-/m0/s1. The SMILES string of the molecule is CCOC(=O)c1cc(-c2cccc(OC)c2)n(-c2ccc(C(=O)N[C@@H](C)CCCN(CC)CC)cc2)n1. The van der Waals surface area contributed by atoms with Gasteiger partial charge in [-0.1, -0.05) is 26.0 Å². The number of rotatable bonds is 13. The molecule has 0 radical (unpaired) electrons. The number of esters is 1. The quantitative estimate of drug-likeness (QED) is 0.330. The molecule has 0 saturated carbocycles. The van der Waals surface area contributed by atoms with Gasteiger partial charge in [0.25, 0.3) is 5.91 Å². The number of methoxy groups -OCH3 is 1. The van der Waals surface area contributed by atoms with Crippen LogP contribution < -0.4 is 10.1 Å².